The fraction of sp³-hybridized carbons (Fsp3) is 0.190. The quantitative estimate of drug-likeness (QED) is 0.730. The summed E-state index contributed by atoms with van der Waals surface area (Å²) in [7, 11) is 0. The molecule has 2 aromatic heterocycles. The van der Waals surface area contributed by atoms with E-state index < -0.39 is 0 Å². The largest absolute Gasteiger partial charge is 0.366 e. The molecule has 142 valence electrons. The van der Waals surface area contributed by atoms with Gasteiger partial charge in [-0.3, -0.25) is 10.2 Å². The van der Waals surface area contributed by atoms with Gasteiger partial charge in [-0.25, -0.2) is 19.7 Å². The van der Waals surface area contributed by atoms with E-state index in [0.29, 0.717) is 17.2 Å². The van der Waals surface area contributed by atoms with Crippen LogP contribution in [0.2, 0.25) is 0 Å². The van der Waals surface area contributed by atoms with Gasteiger partial charge in [-0.2, -0.15) is 5.26 Å². The van der Waals surface area contributed by atoms with E-state index in [4.69, 9.17) is 4.98 Å². The lowest BCUT2D eigenvalue weighted by molar-refractivity contribution is 0.254. The van der Waals surface area contributed by atoms with Gasteiger partial charge >= 0.3 is 6.03 Å². The summed E-state index contributed by atoms with van der Waals surface area (Å²) in [5.41, 5.74) is 3.08. The Balaban J connectivity index is 1.55. The van der Waals surface area contributed by atoms with Gasteiger partial charge < -0.3 is 4.90 Å². The van der Waals surface area contributed by atoms with Crippen LogP contribution in [-0.4, -0.2) is 40.1 Å². The van der Waals surface area contributed by atoms with Gasteiger partial charge in [0.15, 0.2) is 5.82 Å². The van der Waals surface area contributed by atoms with Crippen LogP contribution < -0.4 is 15.1 Å². The number of amides is 2. The smallest absolute Gasteiger partial charge is 0.329 e. The summed E-state index contributed by atoms with van der Waals surface area (Å²) < 4.78 is 0. The third kappa shape index (κ3) is 3.02. The minimum Gasteiger partial charge on any atom is -0.366 e. The summed E-state index contributed by atoms with van der Waals surface area (Å²) >= 11 is 0. The van der Waals surface area contributed by atoms with Crippen LogP contribution in [0.15, 0.2) is 55.0 Å². The molecular weight excluding hydrogens is 366 g/mol. The van der Waals surface area contributed by atoms with Crippen LogP contribution in [0.3, 0.4) is 0 Å². The molecule has 8 heteroatoms. The molecule has 2 aliphatic rings. The van der Waals surface area contributed by atoms with Gasteiger partial charge in [0.1, 0.15) is 12.1 Å². The number of urea groups is 1. The van der Waals surface area contributed by atoms with Gasteiger partial charge in [-0.05, 0) is 36.8 Å². The highest BCUT2D eigenvalue weighted by molar-refractivity contribution is 6.04. The summed E-state index contributed by atoms with van der Waals surface area (Å²) in [4.78, 5) is 29.9. The van der Waals surface area contributed by atoms with E-state index in [2.05, 4.69) is 26.3 Å². The first-order chi connectivity index (χ1) is 14.2. The van der Waals surface area contributed by atoms with Crippen molar-refractivity contribution in [3.63, 3.8) is 0 Å². The minimum atomic E-state index is -0.257. The first-order valence-electron chi connectivity index (χ1n) is 9.36. The molecule has 0 spiro atoms. The number of benzene rings is 1. The summed E-state index contributed by atoms with van der Waals surface area (Å²) in [6.07, 6.45) is 3.87. The molecule has 29 heavy (non-hydrogen) atoms. The molecule has 5 rings (SSSR count). The average molecular weight is 383 g/mol. The van der Waals surface area contributed by atoms with E-state index in [-0.39, 0.29) is 12.1 Å². The topological polar surface area (TPSA) is 98.0 Å². The van der Waals surface area contributed by atoms with Crippen molar-refractivity contribution in [3.8, 4) is 17.3 Å². The average Bonchev–Trinajstić information content (AvgIpc) is 3.18. The highest BCUT2D eigenvalue weighted by atomic mass is 16.2. The number of aromatic nitrogens is 3. The van der Waals surface area contributed by atoms with Crippen LogP contribution in [0, 0.1) is 11.3 Å². The molecule has 2 aliphatic heterocycles. The SMILES string of the molecule is N#Cc1cccc(-c2ccc3c(n2)N(C(=O)Nc2ccncn2)[C@H]2CCN3C2)c1. The minimum absolute atomic E-state index is 0.0533. The summed E-state index contributed by atoms with van der Waals surface area (Å²) in [6, 6.07) is 14.9. The van der Waals surface area contributed by atoms with Crippen LogP contribution >= 0.6 is 0 Å². The Kier molecular flexibility index (Phi) is 4.06. The molecule has 2 bridgehead atoms. The summed E-state index contributed by atoms with van der Waals surface area (Å²) in [6.45, 7) is 1.68. The van der Waals surface area contributed by atoms with E-state index in [1.165, 1.54) is 6.33 Å². The van der Waals surface area contributed by atoms with Crippen molar-refractivity contribution in [1.29, 1.82) is 5.26 Å². The maximum Gasteiger partial charge on any atom is 0.329 e. The van der Waals surface area contributed by atoms with Crippen molar-refractivity contribution < 1.29 is 4.79 Å². The van der Waals surface area contributed by atoms with Gasteiger partial charge in [0.25, 0.3) is 0 Å². The number of nitrogens with one attached hydrogen (secondary N) is 1. The van der Waals surface area contributed by atoms with Crippen molar-refractivity contribution in [1.82, 2.24) is 15.0 Å². The monoisotopic (exact) mass is 383 g/mol. The van der Waals surface area contributed by atoms with E-state index in [1.807, 2.05) is 24.3 Å². The molecule has 0 saturated carbocycles. The molecule has 1 atom stereocenters. The standard InChI is InChI=1S/C21H17N7O/c22-11-14-2-1-3-15(10-14)17-4-5-18-20(25-17)28(16-7-9-27(18)12-16)21(29)26-19-6-8-23-13-24-19/h1-6,8,10,13,16H,7,9,12H2,(H,23,24,26,29)/t16-/m0/s1. The van der Waals surface area contributed by atoms with E-state index >= 15 is 0 Å². The number of carbonyl (C=O) groups excluding carboxylic acids is 1. The Bertz CT molecular complexity index is 1130. The first-order valence-corrected chi connectivity index (χ1v) is 9.36. The zero-order chi connectivity index (χ0) is 19.8. The third-order valence-corrected chi connectivity index (χ3v) is 5.28. The van der Waals surface area contributed by atoms with Crippen LogP contribution in [0.25, 0.3) is 11.3 Å². The second-order valence-electron chi connectivity index (χ2n) is 7.02. The van der Waals surface area contributed by atoms with Gasteiger partial charge in [-0.15, -0.1) is 0 Å². The summed E-state index contributed by atoms with van der Waals surface area (Å²) in [5, 5.41) is 12.0. The van der Waals surface area contributed by atoms with E-state index in [9.17, 15) is 10.1 Å². The molecule has 4 heterocycles. The second-order valence-corrected chi connectivity index (χ2v) is 7.02. The predicted molar refractivity (Wildman–Crippen MR) is 109 cm³/mol. The fourth-order valence-electron chi connectivity index (χ4n) is 3.91. The Morgan fingerprint density at radius 3 is 3.00 bits per heavy atom. The van der Waals surface area contributed by atoms with Gasteiger partial charge in [0.05, 0.1) is 29.1 Å². The molecule has 1 N–H and O–H groups in total. The lowest BCUT2D eigenvalue weighted by Crippen LogP contribution is -2.48. The lowest BCUT2D eigenvalue weighted by atomic mass is 10.1. The first kappa shape index (κ1) is 17.1. The van der Waals surface area contributed by atoms with Crippen molar-refractivity contribution in [2.75, 3.05) is 28.2 Å². The highest BCUT2D eigenvalue weighted by Gasteiger charge is 2.40. The number of carbonyl (C=O) groups is 1. The molecule has 8 nitrogen and oxygen atoms in total. The predicted octanol–water partition coefficient (Wildman–Crippen LogP) is 3.04. The molecule has 1 saturated heterocycles. The van der Waals surface area contributed by atoms with Crippen LogP contribution in [0.4, 0.5) is 22.1 Å². The van der Waals surface area contributed by atoms with Crippen molar-refractivity contribution in [2.24, 2.45) is 0 Å². The number of pyridine rings is 1. The number of hydrogen-bond acceptors (Lipinski definition) is 6. The second kappa shape index (κ2) is 6.87. The zero-order valence-corrected chi connectivity index (χ0v) is 15.5. The zero-order valence-electron chi connectivity index (χ0n) is 15.5. The molecule has 1 aromatic carbocycles. The molecule has 3 aromatic rings. The van der Waals surface area contributed by atoms with Crippen LogP contribution in [0.1, 0.15) is 12.0 Å². The van der Waals surface area contributed by atoms with Crippen LogP contribution in [-0.2, 0) is 0 Å². The van der Waals surface area contributed by atoms with Gasteiger partial charge in [0.2, 0.25) is 0 Å². The fourth-order valence-corrected chi connectivity index (χ4v) is 3.91. The number of rotatable bonds is 2. The van der Waals surface area contributed by atoms with Crippen molar-refractivity contribution in [2.45, 2.75) is 12.5 Å². The number of hydrogen-bond donors (Lipinski definition) is 1. The van der Waals surface area contributed by atoms with Gasteiger partial charge in [0, 0.05) is 24.8 Å². The third-order valence-electron chi connectivity index (χ3n) is 5.28. The molecular formula is C21H17N7O. The van der Waals surface area contributed by atoms with E-state index in [1.54, 1.807) is 29.3 Å². The molecule has 0 aliphatic carbocycles. The molecule has 0 unspecified atom stereocenters. The summed E-state index contributed by atoms with van der Waals surface area (Å²) in [5.74, 6) is 1.08. The number of nitriles is 1. The number of nitrogens with zero attached hydrogens (tertiary/aromatic N) is 6. The maximum atomic E-state index is 13.1. The Morgan fingerprint density at radius 1 is 1.24 bits per heavy atom. The highest BCUT2D eigenvalue weighted by Crippen LogP contribution is 2.40. The Labute approximate surface area is 167 Å². The molecule has 2 amide bonds. The molecule has 1 fully saturated rings. The van der Waals surface area contributed by atoms with Crippen molar-refractivity contribution in [3.05, 3.63) is 60.6 Å². The number of anilines is 3. The lowest BCUT2D eigenvalue weighted by Gasteiger charge is -2.35. The van der Waals surface area contributed by atoms with Crippen LogP contribution in [0.5, 0.6) is 0 Å². The van der Waals surface area contributed by atoms with E-state index in [0.717, 1.165) is 36.5 Å². The normalized spacial score (nSPS) is 16.9. The molecule has 0 radical (unpaired) electrons. The Morgan fingerprint density at radius 2 is 2.17 bits per heavy atom. The Hall–Kier alpha value is -3.99. The van der Waals surface area contributed by atoms with Gasteiger partial charge in [-0.1, -0.05) is 12.1 Å². The van der Waals surface area contributed by atoms with Crippen molar-refractivity contribution >= 4 is 23.4 Å². The maximum absolute atomic E-state index is 13.1. The number of fused-ring (bicyclic) bond motifs is 4.